The first kappa shape index (κ1) is 31.2. The van der Waals surface area contributed by atoms with E-state index in [1.165, 1.54) is 0 Å². The van der Waals surface area contributed by atoms with Crippen molar-refractivity contribution < 1.29 is 24.2 Å². The van der Waals surface area contributed by atoms with Crippen LogP contribution in [0, 0.1) is 13.1 Å². The van der Waals surface area contributed by atoms with Gasteiger partial charge in [-0.1, -0.05) is 43.3 Å². The van der Waals surface area contributed by atoms with Crippen molar-refractivity contribution in [3.8, 4) is 0 Å². The number of rotatable bonds is 6. The monoisotopic (exact) mass is 822 g/mol. The maximum atomic E-state index is 14.6. The summed E-state index contributed by atoms with van der Waals surface area (Å²) >= 11 is 4.53. The van der Waals surface area contributed by atoms with Gasteiger partial charge in [-0.3, -0.25) is 9.59 Å². The Morgan fingerprint density at radius 1 is 1.05 bits per heavy atom. The van der Waals surface area contributed by atoms with Gasteiger partial charge in [0, 0.05) is 30.7 Å². The van der Waals surface area contributed by atoms with Crippen molar-refractivity contribution in [2.75, 3.05) is 11.5 Å². The Hall–Kier alpha value is -1.84. The van der Waals surface area contributed by atoms with E-state index < -0.39 is 20.0 Å². The van der Waals surface area contributed by atoms with E-state index in [1.807, 2.05) is 86.7 Å². The van der Waals surface area contributed by atoms with Gasteiger partial charge in [-0.15, -0.1) is 0 Å². The number of benzene rings is 3. The molecule has 0 radical (unpaired) electrons. The van der Waals surface area contributed by atoms with Crippen LogP contribution in [0.4, 0.5) is 5.69 Å². The predicted octanol–water partition coefficient (Wildman–Crippen LogP) is 5.58. The molecule has 7 nitrogen and oxygen atoms in total. The number of fused-ring (bicyclic) bond motifs is 3. The second kappa shape index (κ2) is 11.8. The number of nitrogens with zero attached hydrogens (tertiary/aromatic N) is 2. The molecule has 2 N–H and O–H groups in total. The fourth-order valence-electron chi connectivity index (χ4n) is 7.51. The molecule has 10 heteroatoms. The number of hydrogen-bond donors (Lipinski definition) is 2. The lowest BCUT2D eigenvalue weighted by Gasteiger charge is -2.37. The maximum Gasteiger partial charge on any atom is 0.264 e. The minimum absolute atomic E-state index is 0.0378. The van der Waals surface area contributed by atoms with Gasteiger partial charge in [0.15, 0.2) is 13.9 Å². The summed E-state index contributed by atoms with van der Waals surface area (Å²) in [5.41, 5.74) is 3.20. The highest BCUT2D eigenvalue weighted by atomic mass is 127. The van der Waals surface area contributed by atoms with E-state index in [4.69, 9.17) is 4.74 Å². The molecule has 1 spiro atoms. The summed E-state index contributed by atoms with van der Waals surface area (Å²) in [6.45, 7) is 6.44. The van der Waals surface area contributed by atoms with Crippen LogP contribution in [0.15, 0.2) is 66.7 Å². The van der Waals surface area contributed by atoms with Gasteiger partial charge in [0.1, 0.15) is 0 Å². The molecule has 6 rings (SSSR count). The molecule has 43 heavy (non-hydrogen) atoms. The highest BCUT2D eigenvalue weighted by molar-refractivity contribution is 14.1. The van der Waals surface area contributed by atoms with Crippen molar-refractivity contribution in [3.05, 3.63) is 96.1 Å². The fraction of sp³-hybridized carbons (Fsp3) is 0.394. The highest BCUT2D eigenvalue weighted by Crippen LogP contribution is 2.60. The van der Waals surface area contributed by atoms with Crippen LogP contribution in [0.1, 0.15) is 35.6 Å². The molecule has 0 saturated carbocycles. The lowest BCUT2D eigenvalue weighted by molar-refractivity contribution is -0.151. The molecule has 0 bridgehead atoms. The van der Waals surface area contributed by atoms with Crippen LogP contribution in [0.3, 0.4) is 0 Å². The van der Waals surface area contributed by atoms with E-state index in [0.717, 1.165) is 35.1 Å². The molecule has 226 valence electrons. The molecule has 0 aromatic heterocycles. The van der Waals surface area contributed by atoms with E-state index in [0.29, 0.717) is 19.5 Å². The Kier molecular flexibility index (Phi) is 8.57. The number of hydrogen-bond acceptors (Lipinski definition) is 5. The van der Waals surface area contributed by atoms with Crippen LogP contribution in [-0.2, 0) is 39.4 Å². The highest BCUT2D eigenvalue weighted by Gasteiger charge is 2.66. The summed E-state index contributed by atoms with van der Waals surface area (Å²) < 4.78 is 9.03. The first-order valence-electron chi connectivity index (χ1n) is 14.7. The molecule has 1 fully saturated rings. The van der Waals surface area contributed by atoms with E-state index in [1.54, 1.807) is 9.80 Å². The van der Waals surface area contributed by atoms with E-state index in [2.05, 4.69) is 45.2 Å². The van der Waals surface area contributed by atoms with E-state index in [9.17, 15) is 19.5 Å². The minimum Gasteiger partial charge on any atom is -0.432 e. The van der Waals surface area contributed by atoms with Crippen LogP contribution in [-0.4, -0.2) is 53.7 Å². The molecule has 3 aliphatic rings. The molecule has 0 aliphatic carbocycles. The average molecular weight is 823 g/mol. The summed E-state index contributed by atoms with van der Waals surface area (Å²) in [6, 6.07) is 21.8. The molecular formula is C33H36I2N2O5Si. The van der Waals surface area contributed by atoms with Gasteiger partial charge in [-0.25, -0.2) is 0 Å². The van der Waals surface area contributed by atoms with E-state index >= 15 is 0 Å². The lowest BCUT2D eigenvalue weighted by atomic mass is 9.82. The zero-order chi connectivity index (χ0) is 30.7. The summed E-state index contributed by atoms with van der Waals surface area (Å²) in [7, 11) is -2.93. The Labute approximate surface area is 281 Å². The van der Waals surface area contributed by atoms with Gasteiger partial charge in [0.25, 0.3) is 5.91 Å². The molecular weight excluding hydrogens is 786 g/mol. The van der Waals surface area contributed by atoms with Crippen molar-refractivity contribution in [1.29, 1.82) is 0 Å². The largest absolute Gasteiger partial charge is 0.432 e. The number of ether oxygens (including phenoxy) is 1. The normalized spacial score (nSPS) is 26.6. The summed E-state index contributed by atoms with van der Waals surface area (Å²) in [5, 5.41) is 10.2. The molecule has 0 unspecified atom stereocenters. The molecule has 3 aromatic carbocycles. The number of halogens is 2. The third-order valence-corrected chi connectivity index (χ3v) is 13.4. The zero-order valence-corrected chi connectivity index (χ0v) is 29.8. The predicted molar refractivity (Wildman–Crippen MR) is 185 cm³/mol. The first-order valence-corrected chi connectivity index (χ1v) is 19.9. The Bertz CT molecular complexity index is 1560. The van der Waals surface area contributed by atoms with Gasteiger partial charge in [0.05, 0.1) is 37.4 Å². The quantitative estimate of drug-likeness (QED) is 0.251. The molecule has 1 saturated heterocycles. The third kappa shape index (κ3) is 5.49. The third-order valence-electron chi connectivity index (χ3n) is 9.46. The van der Waals surface area contributed by atoms with Gasteiger partial charge in [0.2, 0.25) is 5.91 Å². The molecule has 5 atom stereocenters. The van der Waals surface area contributed by atoms with Crippen molar-refractivity contribution in [3.63, 3.8) is 0 Å². The Morgan fingerprint density at radius 3 is 2.40 bits per heavy atom. The van der Waals surface area contributed by atoms with Crippen molar-refractivity contribution in [2.45, 2.75) is 69.2 Å². The number of aliphatic hydroxyl groups is 1. The van der Waals surface area contributed by atoms with Crippen molar-refractivity contribution in [2.24, 2.45) is 5.92 Å². The number of aliphatic hydroxyl groups excluding tert-OH is 1. The van der Waals surface area contributed by atoms with Crippen molar-refractivity contribution >= 4 is 71.0 Å². The fourth-order valence-corrected chi connectivity index (χ4v) is 10.9. The summed E-state index contributed by atoms with van der Waals surface area (Å²) in [6.07, 6.45) is -0.0134. The number of carbonyl (C=O) groups excluding carboxylic acids is 2. The molecule has 2 amide bonds. The van der Waals surface area contributed by atoms with Gasteiger partial charge in [-0.05, 0) is 112 Å². The SMILES string of the molecule is C[C@@H]1[C@@H]([Si](C)(C)O)[C@H](CC(=O)N2Cc3ccccc3C[C@H]2CO)O[C@@]12C(=O)N(Cc1ccc(I)cc1)c1ccc(I)cc12. The summed E-state index contributed by atoms with van der Waals surface area (Å²) in [4.78, 5) is 43.8. The smallest absolute Gasteiger partial charge is 0.264 e. The van der Waals surface area contributed by atoms with Crippen LogP contribution in [0.2, 0.25) is 18.6 Å². The average Bonchev–Trinajstić information content (AvgIpc) is 3.39. The van der Waals surface area contributed by atoms with Gasteiger partial charge >= 0.3 is 0 Å². The van der Waals surface area contributed by atoms with Crippen LogP contribution >= 0.6 is 45.2 Å². The first-order chi connectivity index (χ1) is 20.4. The molecule has 3 heterocycles. The van der Waals surface area contributed by atoms with Crippen LogP contribution in [0.25, 0.3) is 0 Å². The van der Waals surface area contributed by atoms with Crippen LogP contribution in [0.5, 0.6) is 0 Å². The second-order valence-electron chi connectivity index (χ2n) is 12.6. The summed E-state index contributed by atoms with van der Waals surface area (Å²) in [5.74, 6) is -0.622. The zero-order valence-electron chi connectivity index (χ0n) is 24.5. The second-order valence-corrected chi connectivity index (χ2v) is 19.0. The number of anilines is 1. The lowest BCUT2D eigenvalue weighted by Crippen LogP contribution is -2.48. The molecule has 3 aromatic rings. The van der Waals surface area contributed by atoms with E-state index in [-0.39, 0.29) is 42.3 Å². The Balaban J connectivity index is 1.35. The minimum atomic E-state index is -2.93. The maximum absolute atomic E-state index is 14.6. The number of carbonyl (C=O) groups is 2. The Morgan fingerprint density at radius 2 is 1.72 bits per heavy atom. The van der Waals surface area contributed by atoms with Gasteiger partial charge in [-0.2, -0.15) is 0 Å². The standard InChI is InChI=1S/C33H36I2N2O5Si/c1-20-31(43(2,3)41)29(16-30(39)36-18-23-7-5-4-6-22(23)14-26(36)19-38)42-33(20)27-15-25(35)12-13-28(27)37(32(33)40)17-21-8-10-24(34)11-9-21/h4-13,15,20,26,29,31,38,41H,14,16-19H2,1-3H3/t20-,26+,29+,31-,33+/m1/s1. The topological polar surface area (TPSA) is 90.3 Å². The van der Waals surface area contributed by atoms with Crippen molar-refractivity contribution in [1.82, 2.24) is 4.90 Å². The number of amides is 2. The molecule has 3 aliphatic heterocycles. The van der Waals surface area contributed by atoms with Gasteiger partial charge < -0.3 is 24.4 Å². The van der Waals surface area contributed by atoms with Crippen LogP contribution < -0.4 is 4.90 Å².